The number of hydrogen-bond donors (Lipinski definition) is 0. The summed E-state index contributed by atoms with van der Waals surface area (Å²) in [4.78, 5) is 2.63. The predicted octanol–water partition coefficient (Wildman–Crippen LogP) is 13.5. The van der Waals surface area contributed by atoms with Crippen molar-refractivity contribution < 1.29 is 8.83 Å². The van der Waals surface area contributed by atoms with E-state index in [-0.39, 0.29) is 12.3 Å². The van der Waals surface area contributed by atoms with Gasteiger partial charge in [-0.1, -0.05) is 99.6 Å². The summed E-state index contributed by atoms with van der Waals surface area (Å²) in [5.74, 6) is 0. The third kappa shape index (κ3) is 3.91. The molecule has 0 N–H and O–H groups in total. The molecule has 0 radical (unpaired) electrons. The van der Waals surface area contributed by atoms with Gasteiger partial charge in [-0.05, 0) is 88.1 Å². The maximum atomic E-state index is 6.70. The number of benzene rings is 8. The molecule has 0 aliphatic carbocycles. The minimum atomic E-state index is -0.123. The molecule has 6 heteroatoms. The third-order valence-electron chi connectivity index (χ3n) is 13.1. The fourth-order valence-electron chi connectivity index (χ4n) is 10.4. The zero-order valence-electron chi connectivity index (χ0n) is 32.1. The van der Waals surface area contributed by atoms with Crippen LogP contribution in [0.1, 0.15) is 26.3 Å². The fourth-order valence-corrected chi connectivity index (χ4v) is 11.6. The summed E-state index contributed by atoms with van der Waals surface area (Å²) in [6.45, 7) is 6.75. The molecule has 272 valence electrons. The van der Waals surface area contributed by atoms with E-state index in [4.69, 9.17) is 8.83 Å². The van der Waals surface area contributed by atoms with E-state index in [0.717, 1.165) is 49.4 Å². The largest absolute Gasteiger partial charge is 0.456 e. The monoisotopic (exact) mass is 760 g/mol. The van der Waals surface area contributed by atoms with Crippen molar-refractivity contribution in [1.82, 2.24) is 4.57 Å². The maximum absolute atomic E-state index is 6.70. The van der Waals surface area contributed by atoms with Crippen LogP contribution in [0.15, 0.2) is 154 Å². The topological polar surface area (TPSA) is 34.5 Å². The van der Waals surface area contributed by atoms with E-state index in [1.54, 1.807) is 0 Å². The molecule has 0 saturated heterocycles. The molecule has 0 amide bonds. The van der Waals surface area contributed by atoms with Gasteiger partial charge in [0, 0.05) is 81.2 Å². The number of para-hydroxylation sites is 2. The molecule has 2 aliphatic rings. The van der Waals surface area contributed by atoms with Gasteiger partial charge >= 0.3 is 6.85 Å². The van der Waals surface area contributed by atoms with Crippen molar-refractivity contribution in [3.8, 4) is 16.8 Å². The first-order valence-corrected chi connectivity index (χ1v) is 20.9. The van der Waals surface area contributed by atoms with Crippen molar-refractivity contribution in [3.63, 3.8) is 0 Å². The highest BCUT2D eigenvalue weighted by atomic mass is 32.1. The van der Waals surface area contributed by atoms with Gasteiger partial charge in [-0.3, -0.25) is 0 Å². The quantitative estimate of drug-likeness (QED) is 0.156. The van der Waals surface area contributed by atoms with Gasteiger partial charge in [0.25, 0.3) is 0 Å². The Labute approximate surface area is 337 Å². The van der Waals surface area contributed by atoms with Gasteiger partial charge in [0.15, 0.2) is 0 Å². The second-order valence-corrected chi connectivity index (χ2v) is 18.3. The Hall–Kier alpha value is -6.76. The molecule has 0 saturated carbocycles. The predicted molar refractivity (Wildman–Crippen MR) is 246 cm³/mol. The number of nitrogens with zero attached hydrogens (tertiary/aromatic N) is 2. The first-order chi connectivity index (χ1) is 28.4. The van der Waals surface area contributed by atoms with Crippen LogP contribution in [-0.2, 0) is 5.41 Å². The molecule has 0 unspecified atom stereocenters. The summed E-state index contributed by atoms with van der Waals surface area (Å²) in [6, 6.07) is 54.1. The molecule has 6 heterocycles. The van der Waals surface area contributed by atoms with Crippen LogP contribution in [0.5, 0.6) is 0 Å². The molecular weight excluding hydrogens is 727 g/mol. The molecule has 58 heavy (non-hydrogen) atoms. The molecule has 0 fully saturated rings. The molecule has 4 aromatic heterocycles. The Morgan fingerprint density at radius 3 is 1.93 bits per heavy atom. The highest BCUT2D eigenvalue weighted by Gasteiger charge is 2.44. The van der Waals surface area contributed by atoms with Crippen molar-refractivity contribution in [2.24, 2.45) is 0 Å². The second-order valence-electron chi connectivity index (χ2n) is 17.3. The van der Waals surface area contributed by atoms with E-state index in [1.807, 2.05) is 17.4 Å². The molecule has 8 aromatic carbocycles. The lowest BCUT2D eigenvalue weighted by atomic mass is 9.44. The van der Waals surface area contributed by atoms with Crippen LogP contribution in [0.25, 0.3) is 103 Å². The fraction of sp³-hybridized carbons (Fsp3) is 0.0769. The Morgan fingerprint density at radius 1 is 0.500 bits per heavy atom. The first kappa shape index (κ1) is 31.3. The number of hydrogen-bond acceptors (Lipinski definition) is 4. The summed E-state index contributed by atoms with van der Waals surface area (Å²) in [6.07, 6.45) is 0. The maximum Gasteiger partial charge on any atom is 0.333 e. The van der Waals surface area contributed by atoms with Crippen molar-refractivity contribution in [2.45, 2.75) is 26.2 Å². The highest BCUT2D eigenvalue weighted by molar-refractivity contribution is 7.25. The van der Waals surface area contributed by atoms with Crippen molar-refractivity contribution in [1.29, 1.82) is 0 Å². The zero-order chi connectivity index (χ0) is 38.2. The second kappa shape index (κ2) is 10.6. The molecular formula is C52H33BN2O2S. The van der Waals surface area contributed by atoms with Crippen LogP contribution in [0.4, 0.5) is 11.4 Å². The number of aromatic nitrogens is 1. The Morgan fingerprint density at radius 2 is 1.17 bits per heavy atom. The number of furan rings is 2. The molecule has 2 aliphatic heterocycles. The lowest BCUT2D eigenvalue weighted by Crippen LogP contribution is -2.60. The summed E-state index contributed by atoms with van der Waals surface area (Å²) in [7, 11) is 0. The normalized spacial score (nSPS) is 13.7. The smallest absolute Gasteiger partial charge is 0.333 e. The summed E-state index contributed by atoms with van der Waals surface area (Å²) < 4.78 is 18.4. The van der Waals surface area contributed by atoms with Gasteiger partial charge in [0.05, 0.1) is 11.0 Å². The molecule has 12 aromatic rings. The van der Waals surface area contributed by atoms with E-state index in [2.05, 4.69) is 170 Å². The number of fused-ring (bicyclic) bond motifs is 17. The Bertz CT molecular complexity index is 3800. The van der Waals surface area contributed by atoms with Crippen LogP contribution in [0.2, 0.25) is 0 Å². The minimum Gasteiger partial charge on any atom is -0.456 e. The van der Waals surface area contributed by atoms with Gasteiger partial charge in [0.2, 0.25) is 0 Å². The van der Waals surface area contributed by atoms with Crippen molar-refractivity contribution in [2.75, 3.05) is 4.81 Å². The first-order valence-electron chi connectivity index (χ1n) is 20.1. The van der Waals surface area contributed by atoms with Gasteiger partial charge in [-0.2, -0.15) is 0 Å². The summed E-state index contributed by atoms with van der Waals surface area (Å²) in [5.41, 5.74) is 16.0. The zero-order valence-corrected chi connectivity index (χ0v) is 32.9. The number of rotatable bonds is 1. The SMILES string of the molecule is CC(C)(C)c1ccc(N2B3c4cc5oc6ccccc6c5cc4-n4c5cc6oc7ccccc7c6cc5c5ccc(c3c54)-c3cc4sc5ccccc5c4cc32)cc1. The molecule has 4 nitrogen and oxygen atoms in total. The average molecular weight is 761 g/mol. The van der Waals surface area contributed by atoms with Gasteiger partial charge in [0.1, 0.15) is 22.3 Å². The molecule has 14 rings (SSSR count). The molecule has 0 bridgehead atoms. The molecule has 0 atom stereocenters. The van der Waals surface area contributed by atoms with E-state index in [9.17, 15) is 0 Å². The minimum absolute atomic E-state index is 0.0364. The van der Waals surface area contributed by atoms with Crippen molar-refractivity contribution in [3.05, 3.63) is 151 Å². The number of anilines is 2. The van der Waals surface area contributed by atoms with Gasteiger partial charge in [-0.15, -0.1) is 11.3 Å². The van der Waals surface area contributed by atoms with Crippen molar-refractivity contribution >= 4 is 126 Å². The van der Waals surface area contributed by atoms with Crippen LogP contribution in [0, 0.1) is 0 Å². The van der Waals surface area contributed by atoms with Crippen LogP contribution >= 0.6 is 11.3 Å². The highest BCUT2D eigenvalue weighted by Crippen LogP contribution is 2.49. The van der Waals surface area contributed by atoms with Crippen LogP contribution < -0.4 is 15.7 Å². The standard InChI is InChI=1S/C52H33BN2O2S/c1-52(2,3)28-16-18-29(19-17-28)55-42-24-39-32-12-6-9-15-48(32)58-49(39)25-36(42)33-20-21-34-35-22-37-30-10-4-7-13-44(30)57-47(37)27-41(35)54-43-23-38-31-11-5-8-14-45(31)56-46(38)26-40(43)53(55)50(33)51(34)54/h4-27H,1-3H3. The Balaban J connectivity index is 1.17. The van der Waals surface area contributed by atoms with E-state index < -0.39 is 0 Å². The summed E-state index contributed by atoms with van der Waals surface area (Å²) >= 11 is 1.88. The lowest BCUT2D eigenvalue weighted by Gasteiger charge is -2.42. The van der Waals surface area contributed by atoms with E-state index in [1.165, 1.54) is 81.1 Å². The lowest BCUT2D eigenvalue weighted by molar-refractivity contribution is 0.590. The molecule has 0 spiro atoms. The Kier molecular flexibility index (Phi) is 5.73. The average Bonchev–Trinajstić information content (AvgIpc) is 3.99. The van der Waals surface area contributed by atoms with Gasteiger partial charge in [-0.25, -0.2) is 0 Å². The van der Waals surface area contributed by atoms with E-state index in [0.29, 0.717) is 0 Å². The van der Waals surface area contributed by atoms with E-state index >= 15 is 0 Å². The van der Waals surface area contributed by atoms with Crippen LogP contribution in [0.3, 0.4) is 0 Å². The summed E-state index contributed by atoms with van der Waals surface area (Å²) in [5, 5.41) is 9.62. The number of thiophene rings is 1. The third-order valence-corrected chi connectivity index (χ3v) is 14.2. The van der Waals surface area contributed by atoms with Gasteiger partial charge < -0.3 is 18.2 Å². The van der Waals surface area contributed by atoms with Crippen LogP contribution in [-0.4, -0.2) is 11.4 Å².